The van der Waals surface area contributed by atoms with Crippen LogP contribution in [0.1, 0.15) is 42.4 Å². The van der Waals surface area contributed by atoms with Gasteiger partial charge < -0.3 is 4.74 Å². The van der Waals surface area contributed by atoms with Crippen LogP contribution >= 0.6 is 0 Å². The molecule has 0 radical (unpaired) electrons. The van der Waals surface area contributed by atoms with Crippen LogP contribution in [0.5, 0.6) is 5.75 Å². The van der Waals surface area contributed by atoms with E-state index in [0.717, 1.165) is 11.3 Å². The maximum atomic E-state index is 13.0. The normalized spacial score (nSPS) is 11.4. The van der Waals surface area contributed by atoms with Gasteiger partial charge >= 0.3 is 0 Å². The van der Waals surface area contributed by atoms with Gasteiger partial charge in [0.15, 0.2) is 12.4 Å². The topological polar surface area (TPSA) is 86.9 Å². The van der Waals surface area contributed by atoms with E-state index in [9.17, 15) is 9.18 Å². The van der Waals surface area contributed by atoms with Gasteiger partial charge in [-0.15, -0.1) is 5.10 Å². The number of hydrogen-bond donors (Lipinski definition) is 1. The van der Waals surface area contributed by atoms with E-state index in [4.69, 9.17) is 4.74 Å². The van der Waals surface area contributed by atoms with E-state index in [1.54, 1.807) is 29.1 Å². The average Bonchev–Trinajstić information content (AvgIpc) is 3.43. The predicted molar refractivity (Wildman–Crippen MR) is 121 cm³/mol. The molecule has 4 rings (SSSR count). The molecule has 0 atom stereocenters. The molecule has 170 valence electrons. The molecule has 8 nitrogen and oxygen atoms in total. The van der Waals surface area contributed by atoms with Gasteiger partial charge in [-0.1, -0.05) is 45.0 Å². The number of anilines is 1. The Morgan fingerprint density at radius 2 is 1.73 bits per heavy atom. The smallest absolute Gasteiger partial charge is 0.278 e. The number of nitrogens with one attached hydrogen (secondary N) is 1. The van der Waals surface area contributed by atoms with Gasteiger partial charge in [-0.2, -0.15) is 5.10 Å². The lowest BCUT2D eigenvalue weighted by Gasteiger charge is -2.19. The standard InChI is InChI=1S/C24H25FN6O2/c1-24(2,3)18-6-10-20(11-7-18)33-16-30-13-12-21(28-30)22(32)27-23-26-15-31(29-23)14-17-4-8-19(25)9-5-17/h4-13,15H,14,16H2,1-3H3,(H,27,29,32). The van der Waals surface area contributed by atoms with Crippen LogP contribution in [0.15, 0.2) is 67.1 Å². The second-order valence-corrected chi connectivity index (χ2v) is 8.63. The van der Waals surface area contributed by atoms with Crippen molar-refractivity contribution in [3.05, 3.63) is 89.8 Å². The zero-order valence-corrected chi connectivity index (χ0v) is 18.7. The molecule has 1 amide bonds. The summed E-state index contributed by atoms with van der Waals surface area (Å²) in [5.74, 6) is 0.156. The van der Waals surface area contributed by atoms with Gasteiger partial charge in [0, 0.05) is 6.20 Å². The summed E-state index contributed by atoms with van der Waals surface area (Å²) < 4.78 is 21.9. The van der Waals surface area contributed by atoms with Gasteiger partial charge in [-0.05, 0) is 46.9 Å². The molecule has 0 unspecified atom stereocenters. The van der Waals surface area contributed by atoms with Crippen LogP contribution < -0.4 is 10.1 Å². The summed E-state index contributed by atoms with van der Waals surface area (Å²) in [7, 11) is 0. The summed E-state index contributed by atoms with van der Waals surface area (Å²) in [6.45, 7) is 7.05. The fraction of sp³-hybridized carbons (Fsp3) is 0.250. The minimum absolute atomic E-state index is 0.0778. The highest BCUT2D eigenvalue weighted by Gasteiger charge is 2.14. The van der Waals surface area contributed by atoms with E-state index in [-0.39, 0.29) is 29.6 Å². The molecule has 9 heteroatoms. The van der Waals surface area contributed by atoms with Crippen LogP contribution in [0, 0.1) is 5.82 Å². The number of carbonyl (C=O) groups is 1. The number of rotatable bonds is 7. The molecule has 0 spiro atoms. The van der Waals surface area contributed by atoms with Crippen molar-refractivity contribution in [3.8, 4) is 5.75 Å². The molecule has 2 heterocycles. The highest BCUT2D eigenvalue weighted by molar-refractivity contribution is 6.01. The minimum atomic E-state index is -0.428. The van der Waals surface area contributed by atoms with Gasteiger partial charge in [0.2, 0.25) is 5.95 Å². The Balaban J connectivity index is 1.31. The number of nitrogens with zero attached hydrogens (tertiary/aromatic N) is 5. The average molecular weight is 449 g/mol. The van der Waals surface area contributed by atoms with Gasteiger partial charge in [0.1, 0.15) is 17.9 Å². The van der Waals surface area contributed by atoms with Gasteiger partial charge in [-0.3, -0.25) is 10.1 Å². The van der Waals surface area contributed by atoms with Crippen molar-refractivity contribution in [2.75, 3.05) is 5.32 Å². The number of hydrogen-bond acceptors (Lipinski definition) is 5. The third kappa shape index (κ3) is 5.82. The van der Waals surface area contributed by atoms with Crippen LogP contribution in [-0.4, -0.2) is 30.5 Å². The van der Waals surface area contributed by atoms with Crippen LogP contribution in [0.3, 0.4) is 0 Å². The van der Waals surface area contributed by atoms with E-state index in [0.29, 0.717) is 6.54 Å². The zero-order valence-electron chi connectivity index (χ0n) is 18.7. The highest BCUT2D eigenvalue weighted by atomic mass is 19.1. The quantitative estimate of drug-likeness (QED) is 0.457. The van der Waals surface area contributed by atoms with Crippen molar-refractivity contribution in [1.82, 2.24) is 24.5 Å². The molecule has 0 aliphatic heterocycles. The number of halogens is 1. The minimum Gasteiger partial charge on any atom is -0.471 e. The van der Waals surface area contributed by atoms with E-state index in [1.165, 1.54) is 28.7 Å². The van der Waals surface area contributed by atoms with Crippen molar-refractivity contribution >= 4 is 11.9 Å². The lowest BCUT2D eigenvalue weighted by Crippen LogP contribution is -2.15. The summed E-state index contributed by atoms with van der Waals surface area (Å²) in [6, 6.07) is 15.6. The Labute approximate surface area is 191 Å². The lowest BCUT2D eigenvalue weighted by molar-refractivity contribution is 0.101. The first-order valence-corrected chi connectivity index (χ1v) is 10.5. The zero-order chi connectivity index (χ0) is 23.4. The Morgan fingerprint density at radius 3 is 2.42 bits per heavy atom. The van der Waals surface area contributed by atoms with Gasteiger partial charge in [-0.25, -0.2) is 18.7 Å². The lowest BCUT2D eigenvalue weighted by atomic mass is 9.87. The van der Waals surface area contributed by atoms with Crippen molar-refractivity contribution in [2.24, 2.45) is 0 Å². The van der Waals surface area contributed by atoms with E-state index >= 15 is 0 Å². The van der Waals surface area contributed by atoms with E-state index < -0.39 is 5.91 Å². The Hall–Kier alpha value is -4.01. The second-order valence-electron chi connectivity index (χ2n) is 8.63. The maximum absolute atomic E-state index is 13.0. The predicted octanol–water partition coefficient (Wildman–Crippen LogP) is 4.25. The summed E-state index contributed by atoms with van der Waals surface area (Å²) in [4.78, 5) is 16.6. The summed E-state index contributed by atoms with van der Waals surface area (Å²) >= 11 is 0. The number of aromatic nitrogens is 5. The van der Waals surface area contributed by atoms with E-state index in [1.807, 2.05) is 24.3 Å². The van der Waals surface area contributed by atoms with Crippen LogP contribution in [0.25, 0.3) is 0 Å². The molecule has 33 heavy (non-hydrogen) atoms. The van der Waals surface area contributed by atoms with Crippen molar-refractivity contribution in [3.63, 3.8) is 0 Å². The third-order valence-electron chi connectivity index (χ3n) is 4.98. The molecule has 2 aromatic carbocycles. The molecule has 0 aliphatic rings. The van der Waals surface area contributed by atoms with Crippen LogP contribution in [0.2, 0.25) is 0 Å². The molecular formula is C24H25FN6O2. The second kappa shape index (κ2) is 9.23. The molecule has 4 aromatic rings. The van der Waals surface area contributed by atoms with Crippen LogP contribution in [-0.2, 0) is 18.7 Å². The Kier molecular flexibility index (Phi) is 6.21. The molecule has 0 bridgehead atoms. The molecule has 0 saturated carbocycles. The highest BCUT2D eigenvalue weighted by Crippen LogP contribution is 2.24. The Morgan fingerprint density at radius 1 is 1.00 bits per heavy atom. The monoisotopic (exact) mass is 448 g/mol. The van der Waals surface area contributed by atoms with Crippen molar-refractivity contribution in [1.29, 1.82) is 0 Å². The number of amides is 1. The first kappa shape index (κ1) is 22.2. The molecule has 2 aromatic heterocycles. The van der Waals surface area contributed by atoms with Gasteiger partial charge in [0.25, 0.3) is 5.91 Å². The first-order valence-electron chi connectivity index (χ1n) is 10.5. The summed E-state index contributed by atoms with van der Waals surface area (Å²) in [5, 5.41) is 11.1. The van der Waals surface area contributed by atoms with Crippen LogP contribution in [0.4, 0.5) is 10.3 Å². The number of benzene rings is 2. The largest absolute Gasteiger partial charge is 0.471 e. The first-order chi connectivity index (χ1) is 15.8. The summed E-state index contributed by atoms with van der Waals surface area (Å²) in [6.07, 6.45) is 3.16. The summed E-state index contributed by atoms with van der Waals surface area (Å²) in [5.41, 5.74) is 2.39. The molecule has 0 fully saturated rings. The molecule has 1 N–H and O–H groups in total. The van der Waals surface area contributed by atoms with Crippen molar-refractivity contribution < 1.29 is 13.9 Å². The fourth-order valence-electron chi connectivity index (χ4n) is 3.12. The fourth-order valence-corrected chi connectivity index (χ4v) is 3.12. The third-order valence-corrected chi connectivity index (χ3v) is 4.98. The molecular weight excluding hydrogens is 423 g/mol. The molecule has 0 saturated heterocycles. The number of ether oxygens (including phenoxy) is 1. The van der Waals surface area contributed by atoms with Gasteiger partial charge in [0.05, 0.1) is 6.54 Å². The SMILES string of the molecule is CC(C)(C)c1ccc(OCn2ccc(C(=O)Nc3ncn(Cc4ccc(F)cc4)n3)n2)cc1. The Bertz CT molecular complexity index is 1220. The van der Waals surface area contributed by atoms with E-state index in [2.05, 4.69) is 41.3 Å². The maximum Gasteiger partial charge on any atom is 0.278 e. The van der Waals surface area contributed by atoms with Crippen molar-refractivity contribution in [2.45, 2.75) is 39.5 Å². The molecule has 0 aliphatic carbocycles. The number of carbonyl (C=O) groups excluding carboxylic acids is 1.